The van der Waals surface area contributed by atoms with Gasteiger partial charge in [-0.15, -0.1) is 0 Å². The van der Waals surface area contributed by atoms with Crippen molar-refractivity contribution >= 4 is 17.3 Å². The number of benzene rings is 2. The predicted octanol–water partition coefficient (Wildman–Crippen LogP) is 6.82. The summed E-state index contributed by atoms with van der Waals surface area (Å²) in [5, 5.41) is 0. The maximum Gasteiger partial charge on any atom is -0.00326 e. The second-order valence-electron chi connectivity index (χ2n) is 5.81. The van der Waals surface area contributed by atoms with Gasteiger partial charge >= 0.3 is 0 Å². The molecular formula is C22H28S. The summed E-state index contributed by atoms with van der Waals surface area (Å²) in [6.45, 7) is 2.27. The Morgan fingerprint density at radius 3 is 1.96 bits per heavy atom. The fraction of sp³-hybridized carbons (Fsp3) is 0.364. The highest BCUT2D eigenvalue weighted by atomic mass is 32.2. The van der Waals surface area contributed by atoms with Crippen LogP contribution in [0.25, 0.3) is 5.57 Å². The Hall–Kier alpha value is -1.47. The quantitative estimate of drug-likeness (QED) is 0.432. The smallest absolute Gasteiger partial charge is 0.00326 e. The van der Waals surface area contributed by atoms with Crippen LogP contribution in [0.3, 0.4) is 0 Å². The number of hydrogen-bond acceptors (Lipinski definition) is 1. The summed E-state index contributed by atoms with van der Waals surface area (Å²) in [5.41, 5.74) is 3.98. The average molecular weight is 325 g/mol. The van der Waals surface area contributed by atoms with Gasteiger partial charge in [0.15, 0.2) is 0 Å². The first-order valence-electron chi connectivity index (χ1n) is 8.80. The maximum atomic E-state index is 2.41. The van der Waals surface area contributed by atoms with Crippen molar-refractivity contribution < 1.29 is 0 Å². The zero-order valence-electron chi connectivity index (χ0n) is 14.2. The van der Waals surface area contributed by atoms with Crippen LogP contribution in [0.4, 0.5) is 0 Å². The van der Waals surface area contributed by atoms with E-state index >= 15 is 0 Å². The minimum absolute atomic E-state index is 1.14. The van der Waals surface area contributed by atoms with Gasteiger partial charge in [-0.25, -0.2) is 0 Å². The van der Waals surface area contributed by atoms with E-state index in [0.717, 1.165) is 6.42 Å². The van der Waals surface area contributed by atoms with Gasteiger partial charge in [-0.2, -0.15) is 11.8 Å². The Balaban J connectivity index is 1.90. The van der Waals surface area contributed by atoms with Gasteiger partial charge in [-0.05, 0) is 41.0 Å². The van der Waals surface area contributed by atoms with Crippen molar-refractivity contribution in [3.8, 4) is 0 Å². The highest BCUT2D eigenvalue weighted by Gasteiger charge is 2.03. The topological polar surface area (TPSA) is 0 Å². The summed E-state index contributed by atoms with van der Waals surface area (Å²) < 4.78 is 0. The lowest BCUT2D eigenvalue weighted by Crippen LogP contribution is -1.89. The second-order valence-corrected chi connectivity index (χ2v) is 7.04. The minimum atomic E-state index is 1.14. The maximum absolute atomic E-state index is 2.41. The number of hydrogen-bond donors (Lipinski definition) is 0. The molecule has 0 aromatic heterocycles. The molecule has 0 amide bonds. The molecule has 0 heterocycles. The second kappa shape index (κ2) is 11.1. The van der Waals surface area contributed by atoms with Gasteiger partial charge in [0.05, 0.1) is 0 Å². The molecule has 0 atom stereocenters. The van der Waals surface area contributed by atoms with Crippen LogP contribution in [-0.2, 0) is 0 Å². The standard InChI is InChI=1S/C22H28S/c1-2-3-4-11-18-23-19-12-17-22(20-13-7-5-8-14-20)21-15-9-6-10-16-21/h5-10,13-17H,2-4,11-12,18-19H2,1H3. The van der Waals surface area contributed by atoms with Crippen LogP contribution in [0, 0.1) is 0 Å². The minimum Gasteiger partial charge on any atom is -0.162 e. The van der Waals surface area contributed by atoms with Gasteiger partial charge in [0, 0.05) is 0 Å². The van der Waals surface area contributed by atoms with Crippen LogP contribution in [0.2, 0.25) is 0 Å². The molecule has 1 heteroatoms. The van der Waals surface area contributed by atoms with E-state index in [-0.39, 0.29) is 0 Å². The fourth-order valence-corrected chi connectivity index (χ4v) is 3.55. The van der Waals surface area contributed by atoms with Gasteiger partial charge in [0.1, 0.15) is 0 Å². The summed E-state index contributed by atoms with van der Waals surface area (Å²) in [7, 11) is 0. The molecule has 0 spiro atoms. The van der Waals surface area contributed by atoms with Gasteiger partial charge < -0.3 is 0 Å². The van der Waals surface area contributed by atoms with Gasteiger partial charge in [0.25, 0.3) is 0 Å². The van der Waals surface area contributed by atoms with Crippen LogP contribution in [-0.4, -0.2) is 11.5 Å². The third-order valence-electron chi connectivity index (χ3n) is 3.92. The zero-order chi connectivity index (χ0) is 16.2. The summed E-state index contributed by atoms with van der Waals surface area (Å²) in [5.74, 6) is 2.52. The molecule has 0 bridgehead atoms. The molecule has 2 aromatic carbocycles. The van der Waals surface area contributed by atoms with Crippen LogP contribution in [0.1, 0.15) is 50.2 Å². The molecule has 2 aromatic rings. The average Bonchev–Trinajstić information content (AvgIpc) is 2.62. The molecule has 0 nitrogen and oxygen atoms in total. The molecule has 0 radical (unpaired) electrons. The highest BCUT2D eigenvalue weighted by Crippen LogP contribution is 2.24. The van der Waals surface area contributed by atoms with Crippen LogP contribution in [0.15, 0.2) is 66.7 Å². The van der Waals surface area contributed by atoms with Gasteiger partial charge in [-0.1, -0.05) is 92.9 Å². The Bertz CT molecular complexity index is 516. The van der Waals surface area contributed by atoms with E-state index in [9.17, 15) is 0 Å². The summed E-state index contributed by atoms with van der Waals surface area (Å²) in [6.07, 6.45) is 9.00. The predicted molar refractivity (Wildman–Crippen MR) is 106 cm³/mol. The van der Waals surface area contributed by atoms with E-state index in [4.69, 9.17) is 0 Å². The number of unbranched alkanes of at least 4 members (excludes halogenated alkanes) is 3. The molecule has 122 valence electrons. The molecule has 0 unspecified atom stereocenters. The lowest BCUT2D eigenvalue weighted by atomic mass is 9.97. The summed E-state index contributed by atoms with van der Waals surface area (Å²) in [4.78, 5) is 0. The third kappa shape index (κ3) is 6.66. The molecule has 0 aliphatic rings. The lowest BCUT2D eigenvalue weighted by Gasteiger charge is -2.09. The number of allylic oxidation sites excluding steroid dienone is 1. The first-order valence-corrected chi connectivity index (χ1v) is 9.96. The lowest BCUT2D eigenvalue weighted by molar-refractivity contribution is 0.706. The van der Waals surface area contributed by atoms with Gasteiger partial charge in [0.2, 0.25) is 0 Å². The zero-order valence-corrected chi connectivity index (χ0v) is 15.0. The first kappa shape index (κ1) is 17.9. The Morgan fingerprint density at radius 2 is 1.39 bits per heavy atom. The van der Waals surface area contributed by atoms with Crippen molar-refractivity contribution in [1.82, 2.24) is 0 Å². The Morgan fingerprint density at radius 1 is 0.783 bits per heavy atom. The van der Waals surface area contributed by atoms with Crippen LogP contribution in [0.5, 0.6) is 0 Å². The van der Waals surface area contributed by atoms with E-state index in [0.29, 0.717) is 0 Å². The molecule has 2 rings (SSSR count). The number of rotatable bonds is 10. The van der Waals surface area contributed by atoms with E-state index in [1.54, 1.807) is 0 Å². The normalized spacial score (nSPS) is 10.5. The van der Waals surface area contributed by atoms with Crippen molar-refractivity contribution in [2.24, 2.45) is 0 Å². The van der Waals surface area contributed by atoms with Crippen molar-refractivity contribution in [1.29, 1.82) is 0 Å². The highest BCUT2D eigenvalue weighted by molar-refractivity contribution is 7.99. The largest absolute Gasteiger partial charge is 0.162 e. The third-order valence-corrected chi connectivity index (χ3v) is 5.02. The van der Waals surface area contributed by atoms with E-state index in [2.05, 4.69) is 85.4 Å². The SMILES string of the molecule is CCCCCCSCCC=C(c1ccccc1)c1ccccc1. The van der Waals surface area contributed by atoms with Crippen molar-refractivity contribution in [2.75, 3.05) is 11.5 Å². The van der Waals surface area contributed by atoms with E-state index < -0.39 is 0 Å². The van der Waals surface area contributed by atoms with E-state index in [1.165, 1.54) is 53.9 Å². The van der Waals surface area contributed by atoms with Crippen molar-refractivity contribution in [3.05, 3.63) is 77.9 Å². The van der Waals surface area contributed by atoms with E-state index in [1.807, 2.05) is 0 Å². The molecule has 0 aliphatic heterocycles. The molecule has 0 saturated heterocycles. The Kier molecular flexibility index (Phi) is 8.65. The van der Waals surface area contributed by atoms with Crippen molar-refractivity contribution in [3.63, 3.8) is 0 Å². The van der Waals surface area contributed by atoms with Gasteiger partial charge in [-0.3, -0.25) is 0 Å². The first-order chi connectivity index (χ1) is 11.4. The van der Waals surface area contributed by atoms with Crippen LogP contribution >= 0.6 is 11.8 Å². The summed E-state index contributed by atoms with van der Waals surface area (Å²) in [6, 6.07) is 21.5. The monoisotopic (exact) mass is 324 g/mol. The fourth-order valence-electron chi connectivity index (χ4n) is 2.66. The number of thioether (sulfide) groups is 1. The molecule has 0 aliphatic carbocycles. The van der Waals surface area contributed by atoms with Crippen LogP contribution < -0.4 is 0 Å². The molecule has 0 saturated carbocycles. The molecule has 0 fully saturated rings. The molecule has 0 N–H and O–H groups in total. The molecular weight excluding hydrogens is 296 g/mol. The Labute approximate surface area is 146 Å². The summed E-state index contributed by atoms with van der Waals surface area (Å²) >= 11 is 2.09. The molecule has 23 heavy (non-hydrogen) atoms. The van der Waals surface area contributed by atoms with Crippen molar-refractivity contribution in [2.45, 2.75) is 39.0 Å².